The highest BCUT2D eigenvalue weighted by molar-refractivity contribution is 7.22. The first kappa shape index (κ1) is 18.7. The van der Waals surface area contributed by atoms with Crippen LogP contribution in [0.3, 0.4) is 0 Å². The van der Waals surface area contributed by atoms with E-state index in [0.717, 1.165) is 16.9 Å². The smallest absolute Gasteiger partial charge is 0.275 e. The Morgan fingerprint density at radius 2 is 1.96 bits per heavy atom. The maximum Gasteiger partial charge on any atom is 0.275 e. The van der Waals surface area contributed by atoms with E-state index in [-0.39, 0.29) is 11.3 Å². The van der Waals surface area contributed by atoms with Crippen LogP contribution in [0.2, 0.25) is 5.02 Å². The molecule has 0 aliphatic rings. The van der Waals surface area contributed by atoms with E-state index < -0.39 is 5.82 Å². The molecule has 0 fully saturated rings. The third-order valence-corrected chi connectivity index (χ3v) is 5.64. The van der Waals surface area contributed by atoms with Gasteiger partial charge >= 0.3 is 0 Å². The lowest BCUT2D eigenvalue weighted by atomic mass is 10.2. The Morgan fingerprint density at radius 1 is 1.18 bits per heavy atom. The number of hydrogen-bond acceptors (Lipinski definition) is 4. The van der Waals surface area contributed by atoms with Gasteiger partial charge in [-0.25, -0.2) is 9.37 Å². The zero-order valence-electron chi connectivity index (χ0n) is 15.0. The summed E-state index contributed by atoms with van der Waals surface area (Å²) in [4.78, 5) is 18.3. The van der Waals surface area contributed by atoms with Crippen LogP contribution in [0, 0.1) is 5.82 Å². The summed E-state index contributed by atoms with van der Waals surface area (Å²) in [7, 11) is 0. The Labute approximate surface area is 169 Å². The molecule has 0 saturated carbocycles. The second-order valence-electron chi connectivity index (χ2n) is 6.21. The highest BCUT2D eigenvalue weighted by Gasteiger charge is 2.13. The molecule has 0 radical (unpaired) electrons. The van der Waals surface area contributed by atoms with E-state index in [9.17, 15) is 9.18 Å². The molecule has 0 N–H and O–H groups in total. The number of hydrogen-bond donors (Lipinski definition) is 0. The quantitative estimate of drug-likeness (QED) is 0.421. The van der Waals surface area contributed by atoms with Crippen LogP contribution in [0.4, 0.5) is 4.39 Å². The van der Waals surface area contributed by atoms with Gasteiger partial charge in [-0.15, -0.1) is 11.3 Å². The standard InChI is InChI=1S/C21H16ClFN2O2S/c1-2-9-27-18-8-7-15(10-16(18)23)25-12-24-17-11-19(28-20(17)21(25)26)13-3-5-14(22)6-4-13/h3-8,10-12H,2,9H2,1H3. The van der Waals surface area contributed by atoms with Crippen molar-refractivity contribution in [3.05, 3.63) is 76.1 Å². The number of ether oxygens (including phenoxy) is 1. The van der Waals surface area contributed by atoms with Crippen LogP contribution in [0.15, 0.2) is 59.7 Å². The summed E-state index contributed by atoms with van der Waals surface area (Å²) in [5.74, 6) is -0.334. The highest BCUT2D eigenvalue weighted by Crippen LogP contribution is 2.31. The normalized spacial score (nSPS) is 11.1. The lowest BCUT2D eigenvalue weighted by molar-refractivity contribution is 0.301. The maximum atomic E-state index is 14.3. The van der Waals surface area contributed by atoms with Gasteiger partial charge in [-0.1, -0.05) is 30.7 Å². The van der Waals surface area contributed by atoms with E-state index in [2.05, 4.69) is 4.98 Å². The van der Waals surface area contributed by atoms with Crippen molar-refractivity contribution >= 4 is 33.2 Å². The van der Waals surface area contributed by atoms with Crippen LogP contribution in [0.1, 0.15) is 13.3 Å². The Balaban J connectivity index is 1.75. The van der Waals surface area contributed by atoms with E-state index in [1.165, 1.54) is 34.4 Å². The largest absolute Gasteiger partial charge is 0.491 e. The SMILES string of the molecule is CCCOc1ccc(-n2cnc3cc(-c4ccc(Cl)cc4)sc3c2=O)cc1F. The summed E-state index contributed by atoms with van der Waals surface area (Å²) in [5, 5.41) is 0.652. The Kier molecular flexibility index (Phi) is 5.15. The second-order valence-corrected chi connectivity index (χ2v) is 7.70. The average molecular weight is 415 g/mol. The third-order valence-electron chi connectivity index (χ3n) is 4.22. The van der Waals surface area contributed by atoms with Gasteiger partial charge in [-0.05, 0) is 42.3 Å². The van der Waals surface area contributed by atoms with Crippen molar-refractivity contribution in [2.24, 2.45) is 0 Å². The van der Waals surface area contributed by atoms with E-state index in [1.807, 2.05) is 25.1 Å². The van der Waals surface area contributed by atoms with Crippen molar-refractivity contribution in [3.8, 4) is 21.9 Å². The fourth-order valence-electron chi connectivity index (χ4n) is 2.82. The van der Waals surface area contributed by atoms with Crippen molar-refractivity contribution in [2.45, 2.75) is 13.3 Å². The number of halogens is 2. The summed E-state index contributed by atoms with van der Waals surface area (Å²) < 4.78 is 21.5. The molecule has 2 aromatic carbocycles. The summed E-state index contributed by atoms with van der Waals surface area (Å²) >= 11 is 7.29. The molecule has 0 saturated heterocycles. The first-order valence-corrected chi connectivity index (χ1v) is 9.96. The Morgan fingerprint density at radius 3 is 2.68 bits per heavy atom. The van der Waals surface area contributed by atoms with Gasteiger partial charge in [0, 0.05) is 16.0 Å². The fourth-order valence-corrected chi connectivity index (χ4v) is 3.99. The number of aromatic nitrogens is 2. The lowest BCUT2D eigenvalue weighted by Crippen LogP contribution is -2.17. The summed E-state index contributed by atoms with van der Waals surface area (Å²) in [6.07, 6.45) is 2.21. The van der Waals surface area contributed by atoms with Crippen LogP contribution in [0.25, 0.3) is 26.3 Å². The average Bonchev–Trinajstić information content (AvgIpc) is 3.13. The van der Waals surface area contributed by atoms with E-state index in [4.69, 9.17) is 16.3 Å². The topological polar surface area (TPSA) is 44.1 Å². The van der Waals surface area contributed by atoms with Gasteiger partial charge in [-0.3, -0.25) is 9.36 Å². The van der Waals surface area contributed by atoms with Crippen LogP contribution >= 0.6 is 22.9 Å². The number of fused-ring (bicyclic) bond motifs is 1. The first-order valence-electron chi connectivity index (χ1n) is 8.76. The van der Waals surface area contributed by atoms with E-state index in [0.29, 0.717) is 27.5 Å². The molecule has 0 unspecified atom stereocenters. The molecule has 142 valence electrons. The van der Waals surface area contributed by atoms with E-state index >= 15 is 0 Å². The monoisotopic (exact) mass is 414 g/mol. The predicted molar refractivity (Wildman–Crippen MR) is 111 cm³/mol. The molecule has 0 spiro atoms. The first-order chi connectivity index (χ1) is 13.6. The van der Waals surface area contributed by atoms with Crippen molar-refractivity contribution in [1.82, 2.24) is 9.55 Å². The third kappa shape index (κ3) is 3.53. The molecule has 2 heterocycles. The minimum atomic E-state index is -0.508. The maximum absolute atomic E-state index is 14.3. The van der Waals surface area contributed by atoms with Crippen molar-refractivity contribution in [2.75, 3.05) is 6.61 Å². The van der Waals surface area contributed by atoms with Gasteiger partial charge in [0.05, 0.1) is 17.8 Å². The molecular formula is C21H16ClFN2O2S. The summed E-state index contributed by atoms with van der Waals surface area (Å²) in [6, 6.07) is 13.7. The molecule has 0 aliphatic heterocycles. The zero-order chi connectivity index (χ0) is 19.7. The van der Waals surface area contributed by atoms with Crippen LogP contribution in [-0.2, 0) is 0 Å². The van der Waals surface area contributed by atoms with Gasteiger partial charge in [0.1, 0.15) is 11.0 Å². The summed E-state index contributed by atoms with van der Waals surface area (Å²) in [5.41, 5.74) is 1.74. The number of rotatable bonds is 5. The molecule has 7 heteroatoms. The second kappa shape index (κ2) is 7.73. The van der Waals surface area contributed by atoms with Crippen molar-refractivity contribution in [3.63, 3.8) is 0 Å². The minimum absolute atomic E-state index is 0.175. The predicted octanol–water partition coefficient (Wildman–Crippen LogP) is 5.70. The summed E-state index contributed by atoms with van der Waals surface area (Å²) in [6.45, 7) is 2.39. The molecule has 28 heavy (non-hydrogen) atoms. The molecule has 4 nitrogen and oxygen atoms in total. The van der Waals surface area contributed by atoms with Gasteiger partial charge in [0.25, 0.3) is 5.56 Å². The fraction of sp³-hybridized carbons (Fsp3) is 0.143. The molecule has 0 bridgehead atoms. The van der Waals surface area contributed by atoms with Gasteiger partial charge in [0.15, 0.2) is 11.6 Å². The molecule has 4 rings (SSSR count). The highest BCUT2D eigenvalue weighted by atomic mass is 35.5. The molecule has 0 amide bonds. The van der Waals surface area contributed by atoms with Gasteiger partial charge < -0.3 is 4.74 Å². The van der Waals surface area contributed by atoms with Gasteiger partial charge in [-0.2, -0.15) is 0 Å². The molecule has 4 aromatic rings. The molecule has 2 aromatic heterocycles. The zero-order valence-corrected chi connectivity index (χ0v) is 16.6. The number of thiophene rings is 1. The van der Waals surface area contributed by atoms with E-state index in [1.54, 1.807) is 18.2 Å². The molecule has 0 aliphatic carbocycles. The lowest BCUT2D eigenvalue weighted by Gasteiger charge is -2.09. The van der Waals surface area contributed by atoms with Crippen LogP contribution in [-0.4, -0.2) is 16.2 Å². The van der Waals surface area contributed by atoms with Crippen molar-refractivity contribution in [1.29, 1.82) is 0 Å². The number of benzene rings is 2. The molecule has 0 atom stereocenters. The van der Waals surface area contributed by atoms with Gasteiger partial charge in [0.2, 0.25) is 0 Å². The van der Waals surface area contributed by atoms with Crippen LogP contribution in [0.5, 0.6) is 5.75 Å². The number of nitrogens with zero attached hydrogens (tertiary/aromatic N) is 2. The van der Waals surface area contributed by atoms with Crippen LogP contribution < -0.4 is 10.3 Å². The minimum Gasteiger partial charge on any atom is -0.491 e. The Hall–Kier alpha value is -2.70. The Bertz CT molecular complexity index is 1200. The molecular weight excluding hydrogens is 399 g/mol. The van der Waals surface area contributed by atoms with Crippen molar-refractivity contribution < 1.29 is 9.13 Å².